The van der Waals surface area contributed by atoms with Crippen LogP contribution in [-0.4, -0.2) is 50.6 Å². The Hall–Kier alpha value is -1.43. The van der Waals surface area contributed by atoms with E-state index in [0.29, 0.717) is 0 Å². The third kappa shape index (κ3) is 3.32. The van der Waals surface area contributed by atoms with E-state index in [1.807, 2.05) is 13.8 Å². The molecule has 1 aliphatic heterocycles. The second-order valence-corrected chi connectivity index (χ2v) is 5.41. The van der Waals surface area contributed by atoms with E-state index in [1.54, 1.807) is 4.68 Å². The lowest BCUT2D eigenvalue weighted by atomic mass is 10.1. The number of aryl methyl sites for hydroxylation is 1. The van der Waals surface area contributed by atoms with Crippen LogP contribution in [0, 0.1) is 0 Å². The summed E-state index contributed by atoms with van der Waals surface area (Å²) in [6.45, 7) is 8.12. The second kappa shape index (κ2) is 6.14. The van der Waals surface area contributed by atoms with Crippen LogP contribution < -0.4 is 0 Å². The van der Waals surface area contributed by atoms with Gasteiger partial charge in [-0.05, 0) is 44.8 Å². The Bertz CT molecular complexity index is 436. The molecule has 1 aliphatic rings. The maximum absolute atomic E-state index is 11.1. The highest BCUT2D eigenvalue weighted by Gasteiger charge is 2.21. The molecule has 0 atom stereocenters. The molecule has 0 amide bonds. The number of hydrogen-bond donors (Lipinski definition) is 1. The number of carbonyl (C=O) groups is 1. The molecule has 0 aromatic carbocycles. The fourth-order valence-corrected chi connectivity index (χ4v) is 2.66. The van der Waals surface area contributed by atoms with Gasteiger partial charge in [0.15, 0.2) is 5.69 Å². The number of aromatic carboxylic acids is 1. The highest BCUT2D eigenvalue weighted by Crippen LogP contribution is 2.18. The van der Waals surface area contributed by atoms with Gasteiger partial charge in [-0.2, -0.15) is 0 Å². The summed E-state index contributed by atoms with van der Waals surface area (Å²) in [6.07, 6.45) is 3.58. The average molecular weight is 266 g/mol. The molecular formula is C13H22N4O2. The fourth-order valence-electron chi connectivity index (χ4n) is 2.66. The summed E-state index contributed by atoms with van der Waals surface area (Å²) in [4.78, 5) is 13.5. The SMILES string of the molecule is CC(C)c1c(C(=O)O)nnn1CCCN1CCCC1. The Labute approximate surface area is 113 Å². The zero-order valence-electron chi connectivity index (χ0n) is 11.7. The summed E-state index contributed by atoms with van der Waals surface area (Å²) < 4.78 is 1.75. The fraction of sp³-hybridized carbons (Fsp3) is 0.769. The van der Waals surface area contributed by atoms with Crippen molar-refractivity contribution in [2.75, 3.05) is 19.6 Å². The predicted molar refractivity (Wildman–Crippen MR) is 71.4 cm³/mol. The van der Waals surface area contributed by atoms with Gasteiger partial charge < -0.3 is 10.0 Å². The molecule has 6 nitrogen and oxygen atoms in total. The van der Waals surface area contributed by atoms with Gasteiger partial charge in [0, 0.05) is 6.54 Å². The number of aromatic nitrogens is 3. The predicted octanol–water partition coefficient (Wildman–Crippen LogP) is 1.59. The minimum Gasteiger partial charge on any atom is -0.476 e. The monoisotopic (exact) mass is 266 g/mol. The van der Waals surface area contributed by atoms with Crippen LogP contribution in [0.15, 0.2) is 0 Å². The van der Waals surface area contributed by atoms with Crippen LogP contribution in [0.1, 0.15) is 55.2 Å². The summed E-state index contributed by atoms with van der Waals surface area (Å²) in [5.74, 6) is -0.873. The molecule has 2 heterocycles. The zero-order chi connectivity index (χ0) is 13.8. The van der Waals surface area contributed by atoms with Gasteiger partial charge in [-0.25, -0.2) is 9.48 Å². The molecule has 1 aromatic heterocycles. The molecule has 1 fully saturated rings. The molecule has 0 aliphatic carbocycles. The number of carboxylic acids is 1. The minimum atomic E-state index is -0.991. The maximum atomic E-state index is 11.1. The Morgan fingerprint density at radius 3 is 2.58 bits per heavy atom. The van der Waals surface area contributed by atoms with Gasteiger partial charge in [0.25, 0.3) is 0 Å². The molecule has 0 radical (unpaired) electrons. The van der Waals surface area contributed by atoms with Gasteiger partial charge in [-0.15, -0.1) is 5.10 Å². The van der Waals surface area contributed by atoms with Crippen molar-refractivity contribution in [3.63, 3.8) is 0 Å². The first-order valence-electron chi connectivity index (χ1n) is 6.98. The molecule has 0 bridgehead atoms. The minimum absolute atomic E-state index is 0.0937. The first kappa shape index (κ1) is 14.0. The van der Waals surface area contributed by atoms with Crippen molar-refractivity contribution in [2.45, 2.75) is 45.6 Å². The number of rotatable bonds is 6. The van der Waals surface area contributed by atoms with Gasteiger partial charge in [-0.1, -0.05) is 19.1 Å². The Balaban J connectivity index is 1.97. The number of carboxylic acid groups (broad SMARTS) is 1. The lowest BCUT2D eigenvalue weighted by Crippen LogP contribution is -2.22. The molecule has 0 spiro atoms. The van der Waals surface area contributed by atoms with Crippen LogP contribution in [0.3, 0.4) is 0 Å². The highest BCUT2D eigenvalue weighted by atomic mass is 16.4. The van der Waals surface area contributed by atoms with E-state index in [0.717, 1.165) is 25.2 Å². The third-order valence-corrected chi connectivity index (χ3v) is 3.57. The van der Waals surface area contributed by atoms with Crippen LogP contribution in [0.5, 0.6) is 0 Å². The molecule has 19 heavy (non-hydrogen) atoms. The largest absolute Gasteiger partial charge is 0.476 e. The molecule has 0 saturated carbocycles. The summed E-state index contributed by atoms with van der Waals surface area (Å²) in [5.41, 5.74) is 0.824. The summed E-state index contributed by atoms with van der Waals surface area (Å²) >= 11 is 0. The third-order valence-electron chi connectivity index (χ3n) is 3.57. The molecule has 0 unspecified atom stereocenters. The molecule has 1 N–H and O–H groups in total. The van der Waals surface area contributed by atoms with Crippen LogP contribution in [0.25, 0.3) is 0 Å². The Morgan fingerprint density at radius 1 is 1.32 bits per heavy atom. The Morgan fingerprint density at radius 2 is 2.00 bits per heavy atom. The first-order chi connectivity index (χ1) is 9.09. The molecular weight excluding hydrogens is 244 g/mol. The van der Waals surface area contributed by atoms with Crippen molar-refractivity contribution in [2.24, 2.45) is 0 Å². The van der Waals surface area contributed by atoms with Crippen molar-refractivity contribution in [1.82, 2.24) is 19.9 Å². The quantitative estimate of drug-likeness (QED) is 0.846. The van der Waals surface area contributed by atoms with E-state index in [1.165, 1.54) is 25.9 Å². The summed E-state index contributed by atoms with van der Waals surface area (Å²) in [5, 5.41) is 16.9. The van der Waals surface area contributed by atoms with Gasteiger partial charge in [0.05, 0.1) is 5.69 Å². The van der Waals surface area contributed by atoms with Gasteiger partial charge in [0.2, 0.25) is 0 Å². The van der Waals surface area contributed by atoms with Crippen LogP contribution in [0.4, 0.5) is 0 Å². The summed E-state index contributed by atoms with van der Waals surface area (Å²) in [7, 11) is 0. The highest BCUT2D eigenvalue weighted by molar-refractivity contribution is 5.86. The van der Waals surface area contributed by atoms with E-state index in [9.17, 15) is 4.79 Å². The van der Waals surface area contributed by atoms with Crippen molar-refractivity contribution >= 4 is 5.97 Å². The van der Waals surface area contributed by atoms with Gasteiger partial charge in [-0.3, -0.25) is 0 Å². The second-order valence-electron chi connectivity index (χ2n) is 5.41. The van der Waals surface area contributed by atoms with Crippen LogP contribution in [0.2, 0.25) is 0 Å². The molecule has 1 aromatic rings. The normalized spacial score (nSPS) is 16.4. The number of likely N-dealkylation sites (tertiary alicyclic amines) is 1. The standard InChI is InChI=1S/C13H22N4O2/c1-10(2)12-11(13(18)19)14-15-17(12)9-5-8-16-6-3-4-7-16/h10H,3-9H2,1-2H3,(H,18,19). The van der Waals surface area contributed by atoms with E-state index < -0.39 is 5.97 Å². The molecule has 2 rings (SSSR count). The topological polar surface area (TPSA) is 71.2 Å². The number of nitrogens with zero attached hydrogens (tertiary/aromatic N) is 4. The van der Waals surface area contributed by atoms with Crippen molar-refractivity contribution < 1.29 is 9.90 Å². The molecule has 106 valence electrons. The van der Waals surface area contributed by atoms with E-state index in [2.05, 4.69) is 15.2 Å². The number of hydrogen-bond acceptors (Lipinski definition) is 4. The van der Waals surface area contributed by atoms with Crippen LogP contribution in [-0.2, 0) is 6.54 Å². The van der Waals surface area contributed by atoms with Gasteiger partial charge >= 0.3 is 5.97 Å². The zero-order valence-corrected chi connectivity index (χ0v) is 11.7. The first-order valence-corrected chi connectivity index (χ1v) is 6.98. The summed E-state index contributed by atoms with van der Waals surface area (Å²) in [6, 6.07) is 0. The lowest BCUT2D eigenvalue weighted by Gasteiger charge is -2.15. The smallest absolute Gasteiger partial charge is 0.358 e. The molecule has 1 saturated heterocycles. The Kier molecular flexibility index (Phi) is 4.52. The van der Waals surface area contributed by atoms with Crippen molar-refractivity contribution in [1.29, 1.82) is 0 Å². The molecule has 6 heteroatoms. The van der Waals surface area contributed by atoms with Crippen molar-refractivity contribution in [3.05, 3.63) is 11.4 Å². The van der Waals surface area contributed by atoms with Crippen molar-refractivity contribution in [3.8, 4) is 0 Å². The van der Waals surface area contributed by atoms with Crippen LogP contribution >= 0.6 is 0 Å². The van der Waals surface area contributed by atoms with E-state index in [-0.39, 0.29) is 11.6 Å². The maximum Gasteiger partial charge on any atom is 0.358 e. The lowest BCUT2D eigenvalue weighted by molar-refractivity contribution is 0.0688. The van der Waals surface area contributed by atoms with E-state index in [4.69, 9.17) is 5.11 Å². The van der Waals surface area contributed by atoms with E-state index >= 15 is 0 Å². The average Bonchev–Trinajstić information content (AvgIpc) is 2.97. The van der Waals surface area contributed by atoms with Gasteiger partial charge in [0.1, 0.15) is 0 Å².